The lowest BCUT2D eigenvalue weighted by atomic mass is 9.93. The zero-order valence-corrected chi connectivity index (χ0v) is 19.5. The van der Waals surface area contributed by atoms with Crippen LogP contribution in [0.1, 0.15) is 48.4 Å². The lowest BCUT2D eigenvalue weighted by Crippen LogP contribution is -2.42. The number of aromatic nitrogens is 2. The first-order chi connectivity index (χ1) is 15.9. The van der Waals surface area contributed by atoms with Crippen LogP contribution in [-0.2, 0) is 18.4 Å². The van der Waals surface area contributed by atoms with E-state index in [1.807, 2.05) is 31.2 Å². The van der Waals surface area contributed by atoms with Crippen molar-refractivity contribution in [1.82, 2.24) is 9.13 Å². The number of nitrogens with two attached hydrogens (primary N) is 1. The molecule has 9 heteroatoms. The van der Waals surface area contributed by atoms with Crippen molar-refractivity contribution in [3.63, 3.8) is 0 Å². The summed E-state index contributed by atoms with van der Waals surface area (Å²) in [5.41, 5.74) is 2.32. The quantitative estimate of drug-likeness (QED) is 0.471. The van der Waals surface area contributed by atoms with Crippen LogP contribution in [0.25, 0.3) is 6.08 Å². The second kappa shape index (κ2) is 9.91. The molecule has 1 aromatic heterocycles. The first-order valence-electron chi connectivity index (χ1n) is 10.9. The van der Waals surface area contributed by atoms with Crippen molar-refractivity contribution in [3.8, 4) is 5.75 Å². The summed E-state index contributed by atoms with van der Waals surface area (Å²) in [6, 6.07) is 7.70. The van der Waals surface area contributed by atoms with Crippen molar-refractivity contribution in [1.29, 1.82) is 0 Å². The molecule has 0 bridgehead atoms. The number of benzene rings is 1. The van der Waals surface area contributed by atoms with Gasteiger partial charge in [-0.3, -0.25) is 18.9 Å². The molecule has 0 amide bonds. The van der Waals surface area contributed by atoms with E-state index in [0.29, 0.717) is 53.5 Å². The Morgan fingerprint density at radius 3 is 2.73 bits per heavy atom. The van der Waals surface area contributed by atoms with Gasteiger partial charge in [0, 0.05) is 36.6 Å². The smallest absolute Gasteiger partial charge is 0.331 e. The molecule has 2 aliphatic rings. The number of fused-ring (bicyclic) bond motifs is 1. The predicted octanol–water partition coefficient (Wildman–Crippen LogP) is 3.36. The Hall–Kier alpha value is -2.94. The molecule has 1 aliphatic carbocycles. The van der Waals surface area contributed by atoms with E-state index >= 15 is 0 Å². The highest BCUT2D eigenvalue weighted by Crippen LogP contribution is 2.39. The van der Waals surface area contributed by atoms with Crippen molar-refractivity contribution >= 4 is 23.4 Å². The monoisotopic (exact) mass is 470 g/mol. The van der Waals surface area contributed by atoms with E-state index in [4.69, 9.17) is 22.2 Å². The minimum Gasteiger partial charge on any atom is -0.461 e. The zero-order chi connectivity index (χ0) is 23.5. The maximum absolute atomic E-state index is 13.5. The molecule has 1 atom stereocenters. The maximum atomic E-state index is 13.5. The molecule has 0 fully saturated rings. The minimum absolute atomic E-state index is 0.218. The van der Waals surface area contributed by atoms with Crippen LogP contribution >= 0.6 is 11.6 Å². The van der Waals surface area contributed by atoms with Crippen molar-refractivity contribution in [2.75, 3.05) is 6.61 Å². The Bertz CT molecular complexity index is 1270. The minimum atomic E-state index is -0.382. The average Bonchev–Trinajstić information content (AvgIpc) is 3.16. The van der Waals surface area contributed by atoms with Crippen molar-refractivity contribution < 1.29 is 9.57 Å². The summed E-state index contributed by atoms with van der Waals surface area (Å²) < 4.78 is 9.06. The molecule has 8 nitrogen and oxygen atoms in total. The highest BCUT2D eigenvalue weighted by molar-refractivity contribution is 6.29. The molecule has 2 N–H and O–H groups in total. The van der Waals surface area contributed by atoms with Gasteiger partial charge in [0.15, 0.2) is 0 Å². The Balaban J connectivity index is 1.78. The summed E-state index contributed by atoms with van der Waals surface area (Å²) in [5.74, 6) is 6.08. The Labute approximate surface area is 196 Å². The van der Waals surface area contributed by atoms with Crippen LogP contribution in [0.5, 0.6) is 5.75 Å². The molecule has 0 radical (unpaired) electrons. The van der Waals surface area contributed by atoms with E-state index in [0.717, 1.165) is 11.3 Å². The molecule has 4 rings (SSSR count). The fraction of sp³-hybridized carbons (Fsp3) is 0.375. The van der Waals surface area contributed by atoms with Gasteiger partial charge in [-0.05, 0) is 44.2 Å². The number of hydrogen-bond donors (Lipinski definition) is 1. The number of ether oxygens (including phenoxy) is 1. The fourth-order valence-electron chi connectivity index (χ4n) is 4.24. The van der Waals surface area contributed by atoms with E-state index in [1.165, 1.54) is 9.13 Å². The van der Waals surface area contributed by atoms with Gasteiger partial charge >= 0.3 is 5.69 Å². The van der Waals surface area contributed by atoms with E-state index in [-0.39, 0.29) is 30.3 Å². The van der Waals surface area contributed by atoms with Crippen LogP contribution in [0.3, 0.4) is 0 Å². The molecule has 0 saturated heterocycles. The van der Waals surface area contributed by atoms with Gasteiger partial charge in [0.2, 0.25) is 0 Å². The molecule has 2 heterocycles. The Morgan fingerprint density at radius 2 is 2.03 bits per heavy atom. The van der Waals surface area contributed by atoms with Gasteiger partial charge < -0.3 is 9.57 Å². The third-order valence-corrected chi connectivity index (χ3v) is 6.33. The van der Waals surface area contributed by atoms with Gasteiger partial charge in [-0.15, -0.1) is 0 Å². The summed E-state index contributed by atoms with van der Waals surface area (Å²) in [6.45, 7) is 2.43. The topological polar surface area (TPSA) is 101 Å². The van der Waals surface area contributed by atoms with Gasteiger partial charge in [-0.1, -0.05) is 29.8 Å². The van der Waals surface area contributed by atoms with Crippen molar-refractivity contribution in [2.45, 2.75) is 45.1 Å². The summed E-state index contributed by atoms with van der Waals surface area (Å²) in [6.07, 6.45) is 5.85. The van der Waals surface area contributed by atoms with E-state index in [1.54, 1.807) is 19.3 Å². The molecule has 1 aliphatic heterocycles. The number of rotatable bonds is 8. The number of allylic oxidation sites excluding steroid dienone is 2. The van der Waals surface area contributed by atoms with Crippen LogP contribution in [0.15, 0.2) is 55.8 Å². The van der Waals surface area contributed by atoms with Crippen LogP contribution < -0.4 is 21.9 Å². The average molecular weight is 471 g/mol. The van der Waals surface area contributed by atoms with Gasteiger partial charge in [0.05, 0.1) is 23.8 Å². The molecular formula is C24H27ClN4O4. The molecule has 2 aromatic rings. The number of halogens is 1. The summed E-state index contributed by atoms with van der Waals surface area (Å²) >= 11 is 6.09. The molecule has 33 heavy (non-hydrogen) atoms. The molecule has 1 unspecified atom stereocenters. The van der Waals surface area contributed by atoms with Crippen LogP contribution in [0.4, 0.5) is 0 Å². The number of hydrogen-bond acceptors (Lipinski definition) is 6. The Morgan fingerprint density at radius 1 is 1.24 bits per heavy atom. The van der Waals surface area contributed by atoms with E-state index in [9.17, 15) is 9.59 Å². The number of aliphatic imine (C=N–C) groups is 1. The standard InChI is InChI=1S/C24H27ClN4O4/c1-15-6-3-4-7-20(15)33-21-13-19-22(18(21)12-17-9-8-16(25)14-27-17)23(30)29(10-5-11-32-26)24(31)28(19)2/h3-4,6-7,13-14,18H,5,8-12,26H2,1-2H3. The van der Waals surface area contributed by atoms with Gasteiger partial charge in [-0.25, -0.2) is 10.7 Å². The molecular weight excluding hydrogens is 444 g/mol. The summed E-state index contributed by atoms with van der Waals surface area (Å²) in [5, 5.41) is 0.712. The summed E-state index contributed by atoms with van der Waals surface area (Å²) in [7, 11) is 1.67. The predicted molar refractivity (Wildman–Crippen MR) is 128 cm³/mol. The van der Waals surface area contributed by atoms with Crippen molar-refractivity contribution in [2.24, 2.45) is 17.9 Å². The second-order valence-corrected chi connectivity index (χ2v) is 8.75. The molecule has 174 valence electrons. The van der Waals surface area contributed by atoms with Crippen molar-refractivity contribution in [3.05, 3.63) is 78.9 Å². The third kappa shape index (κ3) is 4.73. The van der Waals surface area contributed by atoms with Gasteiger partial charge in [0.25, 0.3) is 5.56 Å². The second-order valence-electron chi connectivity index (χ2n) is 8.26. The van der Waals surface area contributed by atoms with Crippen LogP contribution in [-0.4, -0.2) is 21.5 Å². The normalized spacial score (nSPS) is 17.3. The summed E-state index contributed by atoms with van der Waals surface area (Å²) in [4.78, 5) is 35.5. The molecule has 0 saturated carbocycles. The third-order valence-electron chi connectivity index (χ3n) is 6.05. The van der Waals surface area contributed by atoms with E-state index < -0.39 is 0 Å². The van der Waals surface area contributed by atoms with Crippen LogP contribution in [0, 0.1) is 6.92 Å². The maximum Gasteiger partial charge on any atom is 0.331 e. The molecule has 1 aromatic carbocycles. The molecule has 0 spiro atoms. The number of aryl methyl sites for hydroxylation is 1. The first kappa shape index (κ1) is 23.2. The largest absolute Gasteiger partial charge is 0.461 e. The van der Waals surface area contributed by atoms with Crippen LogP contribution in [0.2, 0.25) is 0 Å². The van der Waals surface area contributed by atoms with Gasteiger partial charge in [-0.2, -0.15) is 0 Å². The zero-order valence-electron chi connectivity index (χ0n) is 18.7. The Kier molecular flexibility index (Phi) is 6.97. The number of nitrogens with zero attached hydrogens (tertiary/aromatic N) is 3. The fourth-order valence-corrected chi connectivity index (χ4v) is 4.38. The lowest BCUT2D eigenvalue weighted by molar-refractivity contribution is 0.131. The highest BCUT2D eigenvalue weighted by Gasteiger charge is 2.35. The first-order valence-corrected chi connectivity index (χ1v) is 11.3. The van der Waals surface area contributed by atoms with Gasteiger partial charge in [0.1, 0.15) is 11.5 Å². The van der Waals surface area contributed by atoms with E-state index in [2.05, 4.69) is 9.83 Å². The highest BCUT2D eigenvalue weighted by atomic mass is 35.5. The lowest BCUT2D eigenvalue weighted by Gasteiger charge is -2.20. The SMILES string of the molecule is Cc1ccccc1OC1=Cc2c(c(=O)n(CCCON)c(=O)n2C)C1CC1=NC=C(Cl)CC1. The number of para-hydroxylation sites is 1.